The second-order valence-electron chi connectivity index (χ2n) is 5.57. The number of nitrogens with one attached hydrogen (secondary N) is 2. The van der Waals surface area contributed by atoms with Crippen molar-refractivity contribution in [3.8, 4) is 0 Å². The molecule has 0 spiro atoms. The van der Waals surface area contributed by atoms with Crippen LogP contribution in [0.5, 0.6) is 0 Å². The Kier molecular flexibility index (Phi) is 5.93. The molecule has 22 heavy (non-hydrogen) atoms. The van der Waals surface area contributed by atoms with E-state index in [1.54, 1.807) is 0 Å². The average Bonchev–Trinajstić information content (AvgIpc) is 2.84. The van der Waals surface area contributed by atoms with Gasteiger partial charge in [0.05, 0.1) is 25.3 Å². The highest BCUT2D eigenvalue weighted by molar-refractivity contribution is 7.17. The number of amides is 2. The Morgan fingerprint density at radius 3 is 2.91 bits per heavy atom. The minimum Gasteiger partial charge on any atom is -0.376 e. The SMILES string of the molecule is CCC(C)CNCC(=O)Nc1sc2c(c1C(N)=O)CCOC2. The van der Waals surface area contributed by atoms with E-state index in [1.807, 2.05) is 0 Å². The van der Waals surface area contributed by atoms with Gasteiger partial charge in [0.15, 0.2) is 0 Å². The first-order valence-corrected chi connectivity index (χ1v) is 8.37. The summed E-state index contributed by atoms with van der Waals surface area (Å²) in [6, 6.07) is 0. The molecule has 1 unspecified atom stereocenters. The lowest BCUT2D eigenvalue weighted by Crippen LogP contribution is -2.31. The van der Waals surface area contributed by atoms with Crippen LogP contribution in [0.4, 0.5) is 5.00 Å². The molecule has 0 bridgehead atoms. The molecule has 6 nitrogen and oxygen atoms in total. The molecule has 7 heteroatoms. The molecule has 0 fully saturated rings. The van der Waals surface area contributed by atoms with Crippen molar-refractivity contribution in [2.45, 2.75) is 33.3 Å². The van der Waals surface area contributed by atoms with Crippen LogP contribution >= 0.6 is 11.3 Å². The average molecular weight is 325 g/mol. The number of carbonyl (C=O) groups is 2. The number of carbonyl (C=O) groups excluding carboxylic acids is 2. The van der Waals surface area contributed by atoms with Crippen LogP contribution in [0, 0.1) is 5.92 Å². The van der Waals surface area contributed by atoms with Gasteiger partial charge in [0.1, 0.15) is 5.00 Å². The lowest BCUT2D eigenvalue weighted by Gasteiger charge is -2.12. The van der Waals surface area contributed by atoms with Crippen LogP contribution in [0.1, 0.15) is 41.1 Å². The Morgan fingerprint density at radius 2 is 2.23 bits per heavy atom. The second-order valence-corrected chi connectivity index (χ2v) is 6.67. The molecule has 122 valence electrons. The third-order valence-corrected chi connectivity index (χ3v) is 4.92. The Labute approximate surface area is 134 Å². The van der Waals surface area contributed by atoms with Crippen molar-refractivity contribution in [2.24, 2.45) is 11.7 Å². The molecule has 1 aliphatic heterocycles. The van der Waals surface area contributed by atoms with Gasteiger partial charge < -0.3 is 21.1 Å². The van der Waals surface area contributed by atoms with Gasteiger partial charge in [-0.25, -0.2) is 0 Å². The Morgan fingerprint density at radius 1 is 1.45 bits per heavy atom. The van der Waals surface area contributed by atoms with Gasteiger partial charge in [-0.3, -0.25) is 9.59 Å². The van der Waals surface area contributed by atoms with Crippen molar-refractivity contribution in [1.82, 2.24) is 5.32 Å². The monoisotopic (exact) mass is 325 g/mol. The molecule has 2 heterocycles. The molecule has 2 rings (SSSR count). The quantitative estimate of drug-likeness (QED) is 0.708. The van der Waals surface area contributed by atoms with Gasteiger partial charge >= 0.3 is 0 Å². The van der Waals surface area contributed by atoms with Crippen LogP contribution < -0.4 is 16.4 Å². The number of anilines is 1. The fraction of sp³-hybridized carbons (Fsp3) is 0.600. The van der Waals surface area contributed by atoms with Crippen LogP contribution in [-0.4, -0.2) is 31.5 Å². The molecule has 1 atom stereocenters. The lowest BCUT2D eigenvalue weighted by molar-refractivity contribution is -0.115. The van der Waals surface area contributed by atoms with Crippen molar-refractivity contribution < 1.29 is 14.3 Å². The smallest absolute Gasteiger partial charge is 0.251 e. The molecule has 1 aromatic rings. The van der Waals surface area contributed by atoms with E-state index in [2.05, 4.69) is 24.5 Å². The topological polar surface area (TPSA) is 93.5 Å². The number of fused-ring (bicyclic) bond motifs is 1. The van der Waals surface area contributed by atoms with Crippen molar-refractivity contribution in [3.63, 3.8) is 0 Å². The zero-order chi connectivity index (χ0) is 16.1. The van der Waals surface area contributed by atoms with Gasteiger partial charge in [0, 0.05) is 4.88 Å². The van der Waals surface area contributed by atoms with Gasteiger partial charge in [-0.1, -0.05) is 20.3 Å². The Hall–Kier alpha value is -1.44. The number of rotatable bonds is 7. The standard InChI is InChI=1S/C15H23N3O3S/c1-3-9(2)6-17-7-12(19)18-15-13(14(16)20)10-4-5-21-8-11(10)22-15/h9,17H,3-8H2,1-2H3,(H2,16,20)(H,18,19). The molecule has 0 aliphatic carbocycles. The zero-order valence-electron chi connectivity index (χ0n) is 13.0. The number of thiophene rings is 1. The van der Waals surface area contributed by atoms with E-state index in [0.29, 0.717) is 36.1 Å². The van der Waals surface area contributed by atoms with Gasteiger partial charge in [-0.2, -0.15) is 0 Å². The maximum Gasteiger partial charge on any atom is 0.251 e. The Balaban J connectivity index is 2.01. The van der Waals surface area contributed by atoms with Crippen molar-refractivity contribution in [1.29, 1.82) is 0 Å². The van der Waals surface area contributed by atoms with Gasteiger partial charge in [0.25, 0.3) is 5.91 Å². The van der Waals surface area contributed by atoms with Crippen molar-refractivity contribution in [3.05, 3.63) is 16.0 Å². The molecule has 1 aromatic heterocycles. The first-order valence-electron chi connectivity index (χ1n) is 7.55. The van der Waals surface area contributed by atoms with Gasteiger partial charge in [0.2, 0.25) is 5.91 Å². The normalized spacial score (nSPS) is 15.2. The van der Waals surface area contributed by atoms with Crippen LogP contribution in [0.2, 0.25) is 0 Å². The van der Waals surface area contributed by atoms with Crippen LogP contribution in [-0.2, 0) is 22.6 Å². The maximum atomic E-state index is 12.0. The predicted octanol–water partition coefficient (Wildman–Crippen LogP) is 1.49. The summed E-state index contributed by atoms with van der Waals surface area (Å²) in [7, 11) is 0. The summed E-state index contributed by atoms with van der Waals surface area (Å²) in [4.78, 5) is 24.7. The molecule has 4 N–H and O–H groups in total. The molecule has 1 aliphatic rings. The summed E-state index contributed by atoms with van der Waals surface area (Å²) in [5.74, 6) is -0.132. The van der Waals surface area contributed by atoms with E-state index in [9.17, 15) is 9.59 Å². The highest BCUT2D eigenvalue weighted by Gasteiger charge is 2.25. The summed E-state index contributed by atoms with van der Waals surface area (Å²) < 4.78 is 5.39. The third-order valence-electron chi connectivity index (χ3n) is 3.79. The number of nitrogens with two attached hydrogens (primary N) is 1. The number of primary amides is 1. The summed E-state index contributed by atoms with van der Waals surface area (Å²) >= 11 is 1.38. The minimum absolute atomic E-state index is 0.162. The number of hydrogen-bond donors (Lipinski definition) is 3. The largest absolute Gasteiger partial charge is 0.376 e. The fourth-order valence-corrected chi connectivity index (χ4v) is 3.53. The van der Waals surface area contributed by atoms with Crippen LogP contribution in [0.3, 0.4) is 0 Å². The number of ether oxygens (including phenoxy) is 1. The predicted molar refractivity (Wildman–Crippen MR) is 87.2 cm³/mol. The van der Waals surface area contributed by atoms with E-state index in [-0.39, 0.29) is 12.5 Å². The summed E-state index contributed by atoms with van der Waals surface area (Å²) in [5, 5.41) is 6.46. The highest BCUT2D eigenvalue weighted by Crippen LogP contribution is 2.36. The van der Waals surface area contributed by atoms with E-state index < -0.39 is 5.91 Å². The molecular weight excluding hydrogens is 302 g/mol. The van der Waals surface area contributed by atoms with Crippen molar-refractivity contribution in [2.75, 3.05) is 25.0 Å². The van der Waals surface area contributed by atoms with Crippen LogP contribution in [0.25, 0.3) is 0 Å². The van der Waals surface area contributed by atoms with E-state index in [0.717, 1.165) is 23.4 Å². The maximum absolute atomic E-state index is 12.0. The van der Waals surface area contributed by atoms with E-state index >= 15 is 0 Å². The zero-order valence-corrected chi connectivity index (χ0v) is 13.8. The summed E-state index contributed by atoms with van der Waals surface area (Å²) in [5.41, 5.74) is 6.84. The molecule has 0 saturated heterocycles. The summed E-state index contributed by atoms with van der Waals surface area (Å²) in [6.07, 6.45) is 1.73. The van der Waals surface area contributed by atoms with Crippen LogP contribution in [0.15, 0.2) is 0 Å². The molecule has 2 amide bonds. The third kappa shape index (κ3) is 4.06. The first-order chi connectivity index (χ1) is 10.5. The van der Waals surface area contributed by atoms with E-state index in [1.165, 1.54) is 11.3 Å². The van der Waals surface area contributed by atoms with E-state index in [4.69, 9.17) is 10.5 Å². The second kappa shape index (κ2) is 7.71. The first kappa shape index (κ1) is 16.9. The number of hydrogen-bond acceptors (Lipinski definition) is 5. The molecule has 0 saturated carbocycles. The fourth-order valence-electron chi connectivity index (χ4n) is 2.33. The Bertz CT molecular complexity index is 556. The minimum atomic E-state index is -0.498. The lowest BCUT2D eigenvalue weighted by atomic mass is 10.1. The van der Waals surface area contributed by atoms with Crippen molar-refractivity contribution >= 4 is 28.2 Å². The molecular formula is C15H23N3O3S. The molecule has 0 radical (unpaired) electrons. The summed E-state index contributed by atoms with van der Waals surface area (Å²) in [6.45, 7) is 6.31. The van der Waals surface area contributed by atoms with Gasteiger partial charge in [-0.05, 0) is 24.4 Å². The highest BCUT2D eigenvalue weighted by atomic mass is 32.1. The molecule has 0 aromatic carbocycles. The van der Waals surface area contributed by atoms with Gasteiger partial charge in [-0.15, -0.1) is 11.3 Å².